The van der Waals surface area contributed by atoms with E-state index in [2.05, 4.69) is 10.6 Å². The molecule has 1 spiro atoms. The third-order valence-corrected chi connectivity index (χ3v) is 8.35. The van der Waals surface area contributed by atoms with Crippen LogP contribution in [0.1, 0.15) is 39.2 Å². The number of carbonyl (C=O) groups excluding carboxylic acids is 3. The van der Waals surface area contributed by atoms with Gasteiger partial charge < -0.3 is 30.1 Å². The Morgan fingerprint density at radius 2 is 1.85 bits per heavy atom. The lowest BCUT2D eigenvalue weighted by Crippen LogP contribution is -2.58. The molecule has 2 bridgehead atoms. The number of likely N-dealkylation sites (tertiary alicyclic amines) is 1. The number of rotatable bonds is 10. The summed E-state index contributed by atoms with van der Waals surface area (Å²) in [4.78, 5) is 43.1. The molecule has 0 aliphatic carbocycles. The fourth-order valence-corrected chi connectivity index (χ4v) is 6.58. The third kappa shape index (κ3) is 4.78. The molecule has 208 valence electrons. The van der Waals surface area contributed by atoms with Crippen molar-refractivity contribution in [1.29, 1.82) is 0 Å². The Bertz CT molecular complexity index is 1200. The number of aliphatic hydroxyl groups excluding tert-OH is 1. The lowest BCUT2D eigenvalue weighted by Gasteiger charge is -2.38. The number of hydrogen-bond acceptors (Lipinski definition) is 6. The zero-order valence-electron chi connectivity index (χ0n) is 22.6. The number of nitrogens with zero attached hydrogens (tertiary/aromatic N) is 1. The molecular formula is C30H37N3O6. The molecule has 0 saturated carbocycles. The molecule has 2 aromatic rings. The molecule has 9 heteroatoms. The molecule has 3 heterocycles. The zero-order chi connectivity index (χ0) is 27.7. The Kier molecular flexibility index (Phi) is 7.64. The number of ether oxygens (including phenoxy) is 2. The summed E-state index contributed by atoms with van der Waals surface area (Å²) in [5, 5.41) is 16.2. The normalized spacial score (nSPS) is 27.9. The first-order valence-corrected chi connectivity index (χ1v) is 13.8. The van der Waals surface area contributed by atoms with Gasteiger partial charge in [0.05, 0.1) is 37.2 Å². The smallest absolute Gasteiger partial charge is 0.246 e. The molecule has 3 aliphatic heterocycles. The summed E-state index contributed by atoms with van der Waals surface area (Å²) < 4.78 is 12.0. The summed E-state index contributed by atoms with van der Waals surface area (Å²) in [7, 11) is 0. The van der Waals surface area contributed by atoms with Crippen molar-refractivity contribution in [1.82, 2.24) is 10.2 Å². The van der Waals surface area contributed by atoms with E-state index in [1.807, 2.05) is 51.1 Å². The van der Waals surface area contributed by atoms with Crippen molar-refractivity contribution in [2.45, 2.75) is 63.9 Å². The van der Waals surface area contributed by atoms with Crippen LogP contribution in [0.5, 0.6) is 5.75 Å². The van der Waals surface area contributed by atoms with Gasteiger partial charge in [-0.05, 0) is 55.5 Å². The molecular weight excluding hydrogens is 498 g/mol. The van der Waals surface area contributed by atoms with E-state index in [0.29, 0.717) is 37.4 Å². The average Bonchev–Trinajstić information content (AvgIpc) is 3.57. The highest BCUT2D eigenvalue weighted by Crippen LogP contribution is 2.59. The van der Waals surface area contributed by atoms with Crippen LogP contribution in [0, 0.1) is 17.8 Å². The molecule has 9 nitrogen and oxygen atoms in total. The quantitative estimate of drug-likeness (QED) is 0.431. The number of fused-ring (bicyclic) bond motifs is 1. The van der Waals surface area contributed by atoms with Crippen LogP contribution in [0.4, 0.5) is 5.69 Å². The van der Waals surface area contributed by atoms with Gasteiger partial charge in [0.2, 0.25) is 17.7 Å². The molecule has 3 N–H and O–H groups in total. The minimum absolute atomic E-state index is 0.105. The van der Waals surface area contributed by atoms with Crippen molar-refractivity contribution in [3.63, 3.8) is 0 Å². The lowest BCUT2D eigenvalue weighted by atomic mass is 9.70. The SMILES string of the molecule is CCOc1ccc(NC(=O)[C@@H]2[C@@H]3CCC4(O3)C(C(=O)NCc3ccccc3)N([C@@H](CO)C(C)C)C(=O)[C@H]24)cc1. The largest absolute Gasteiger partial charge is 0.494 e. The van der Waals surface area contributed by atoms with Gasteiger partial charge in [-0.15, -0.1) is 0 Å². The number of anilines is 1. The van der Waals surface area contributed by atoms with E-state index in [4.69, 9.17) is 9.47 Å². The summed E-state index contributed by atoms with van der Waals surface area (Å²) in [6.07, 6.45) is 0.615. The maximum Gasteiger partial charge on any atom is 0.246 e. The van der Waals surface area contributed by atoms with Crippen molar-refractivity contribution < 1.29 is 29.0 Å². The minimum atomic E-state index is -1.12. The lowest BCUT2D eigenvalue weighted by molar-refractivity contribution is -0.146. The van der Waals surface area contributed by atoms with E-state index in [1.165, 1.54) is 4.90 Å². The number of nitrogens with one attached hydrogen (secondary N) is 2. The fraction of sp³-hybridized carbons (Fsp3) is 0.500. The number of aliphatic hydroxyl groups is 1. The Balaban J connectivity index is 1.43. The van der Waals surface area contributed by atoms with Crippen molar-refractivity contribution in [3.8, 4) is 5.75 Å². The molecule has 3 saturated heterocycles. The van der Waals surface area contributed by atoms with Gasteiger partial charge in [0.15, 0.2) is 0 Å². The van der Waals surface area contributed by atoms with Crippen LogP contribution >= 0.6 is 0 Å². The zero-order valence-corrected chi connectivity index (χ0v) is 22.6. The van der Waals surface area contributed by atoms with Crippen LogP contribution in [0.25, 0.3) is 0 Å². The number of amides is 3. The molecule has 5 rings (SSSR count). The first-order valence-electron chi connectivity index (χ1n) is 13.8. The average molecular weight is 536 g/mol. The highest BCUT2D eigenvalue weighted by Gasteiger charge is 2.75. The Morgan fingerprint density at radius 1 is 1.13 bits per heavy atom. The predicted octanol–water partition coefficient (Wildman–Crippen LogP) is 2.73. The van der Waals surface area contributed by atoms with E-state index in [0.717, 1.165) is 5.56 Å². The van der Waals surface area contributed by atoms with Crippen LogP contribution in [0.15, 0.2) is 54.6 Å². The highest BCUT2D eigenvalue weighted by atomic mass is 16.5. The monoisotopic (exact) mass is 535 g/mol. The van der Waals surface area contributed by atoms with Crippen LogP contribution in [-0.2, 0) is 25.7 Å². The fourth-order valence-electron chi connectivity index (χ4n) is 6.58. The van der Waals surface area contributed by atoms with Gasteiger partial charge in [-0.1, -0.05) is 44.2 Å². The number of hydrogen-bond donors (Lipinski definition) is 3. The van der Waals surface area contributed by atoms with Crippen LogP contribution in [0.2, 0.25) is 0 Å². The molecule has 39 heavy (non-hydrogen) atoms. The predicted molar refractivity (Wildman–Crippen MR) is 145 cm³/mol. The summed E-state index contributed by atoms with van der Waals surface area (Å²) >= 11 is 0. The van der Waals surface area contributed by atoms with Gasteiger partial charge in [-0.25, -0.2) is 0 Å². The molecule has 0 aromatic heterocycles. The molecule has 3 aliphatic rings. The second kappa shape index (κ2) is 11.0. The summed E-state index contributed by atoms with van der Waals surface area (Å²) in [5.74, 6) is -1.89. The van der Waals surface area contributed by atoms with Gasteiger partial charge in [0, 0.05) is 12.2 Å². The maximum atomic E-state index is 14.1. The van der Waals surface area contributed by atoms with Crippen molar-refractivity contribution in [2.24, 2.45) is 17.8 Å². The summed E-state index contributed by atoms with van der Waals surface area (Å²) in [5.41, 5.74) is 0.406. The number of carbonyl (C=O) groups is 3. The van der Waals surface area contributed by atoms with Gasteiger partial charge >= 0.3 is 0 Å². The maximum absolute atomic E-state index is 14.1. The topological polar surface area (TPSA) is 117 Å². The molecule has 3 fully saturated rings. The summed E-state index contributed by atoms with van der Waals surface area (Å²) in [6, 6.07) is 15.1. The Labute approximate surface area is 228 Å². The second-order valence-corrected chi connectivity index (χ2v) is 10.9. The molecule has 6 atom stereocenters. The van der Waals surface area contributed by atoms with Gasteiger partial charge in [-0.2, -0.15) is 0 Å². The first-order chi connectivity index (χ1) is 18.8. The Hall–Kier alpha value is -3.43. The standard InChI is InChI=1S/C30H37N3O6/c1-4-38-21-12-10-20(11-13-21)32-27(35)24-23-14-15-30(39-23)25(24)29(37)33(22(17-34)18(2)3)26(30)28(36)31-16-19-8-6-5-7-9-19/h5-13,18,22-26,34H,4,14-17H2,1-3H3,(H,31,36)(H,32,35)/t22-,23-,24+,25-,26?,30?/m0/s1. The highest BCUT2D eigenvalue weighted by molar-refractivity contribution is 6.02. The molecule has 0 radical (unpaired) electrons. The van der Waals surface area contributed by atoms with Crippen molar-refractivity contribution >= 4 is 23.4 Å². The number of benzene rings is 2. The van der Waals surface area contributed by atoms with Gasteiger partial charge in [-0.3, -0.25) is 14.4 Å². The van der Waals surface area contributed by atoms with E-state index < -0.39 is 35.6 Å². The van der Waals surface area contributed by atoms with E-state index in [1.54, 1.807) is 24.3 Å². The van der Waals surface area contributed by atoms with E-state index >= 15 is 0 Å². The van der Waals surface area contributed by atoms with E-state index in [9.17, 15) is 19.5 Å². The third-order valence-electron chi connectivity index (χ3n) is 8.35. The molecule has 3 amide bonds. The second-order valence-electron chi connectivity index (χ2n) is 10.9. The van der Waals surface area contributed by atoms with Crippen LogP contribution in [0.3, 0.4) is 0 Å². The first kappa shape index (κ1) is 27.1. The minimum Gasteiger partial charge on any atom is -0.494 e. The van der Waals surface area contributed by atoms with Crippen molar-refractivity contribution in [2.75, 3.05) is 18.5 Å². The van der Waals surface area contributed by atoms with E-state index in [-0.39, 0.29) is 30.2 Å². The van der Waals surface area contributed by atoms with Crippen LogP contribution < -0.4 is 15.4 Å². The van der Waals surface area contributed by atoms with Crippen molar-refractivity contribution in [3.05, 3.63) is 60.2 Å². The Morgan fingerprint density at radius 3 is 2.49 bits per heavy atom. The summed E-state index contributed by atoms with van der Waals surface area (Å²) in [6.45, 7) is 6.27. The van der Waals surface area contributed by atoms with Gasteiger partial charge in [0.25, 0.3) is 0 Å². The molecule has 2 aromatic carbocycles. The molecule has 2 unspecified atom stereocenters. The van der Waals surface area contributed by atoms with Crippen LogP contribution in [-0.4, -0.2) is 64.7 Å². The van der Waals surface area contributed by atoms with Gasteiger partial charge in [0.1, 0.15) is 17.4 Å².